The molecule has 3 heterocycles. The number of aliphatic hydroxyl groups excluding tert-OH is 1. The molecule has 2 aromatic heterocycles. The molecule has 1 aliphatic rings. The molecule has 10 heteroatoms. The van der Waals surface area contributed by atoms with Crippen LogP contribution in [0.2, 0.25) is 0 Å². The van der Waals surface area contributed by atoms with Crippen LogP contribution in [0.15, 0.2) is 6.33 Å². The van der Waals surface area contributed by atoms with E-state index in [2.05, 4.69) is 20.9 Å². The van der Waals surface area contributed by atoms with E-state index in [4.69, 9.17) is 16.9 Å². The van der Waals surface area contributed by atoms with Gasteiger partial charge in [-0.15, -0.1) is 6.42 Å². The van der Waals surface area contributed by atoms with Gasteiger partial charge in [0.1, 0.15) is 12.1 Å². The molecular formula is C13H12FN5O4. The van der Waals surface area contributed by atoms with E-state index in [1.54, 1.807) is 0 Å². The third kappa shape index (κ3) is 2.18. The van der Waals surface area contributed by atoms with Crippen LogP contribution in [0.1, 0.15) is 12.6 Å². The quantitative estimate of drug-likeness (QED) is 0.510. The molecule has 1 saturated heterocycles. The maximum Gasteiger partial charge on any atom is 0.312 e. The van der Waals surface area contributed by atoms with E-state index in [-0.39, 0.29) is 23.4 Å². The number of rotatable bonds is 3. The number of aromatic nitrogens is 4. The van der Waals surface area contributed by atoms with Crippen LogP contribution in [-0.2, 0) is 9.53 Å². The fourth-order valence-corrected chi connectivity index (χ4v) is 2.68. The maximum absolute atomic E-state index is 13.4. The van der Waals surface area contributed by atoms with Crippen LogP contribution in [0.5, 0.6) is 0 Å². The van der Waals surface area contributed by atoms with Crippen molar-refractivity contribution in [2.24, 2.45) is 5.92 Å². The van der Waals surface area contributed by atoms with Crippen LogP contribution in [0.4, 0.5) is 10.2 Å². The predicted molar refractivity (Wildman–Crippen MR) is 74.2 cm³/mol. The summed E-state index contributed by atoms with van der Waals surface area (Å²) in [6.07, 6.45) is 4.65. The molecule has 0 bridgehead atoms. The van der Waals surface area contributed by atoms with Crippen molar-refractivity contribution in [3.63, 3.8) is 0 Å². The van der Waals surface area contributed by atoms with Crippen LogP contribution in [0, 0.1) is 24.3 Å². The monoisotopic (exact) mass is 321 g/mol. The number of carbonyl (C=O) groups is 1. The molecule has 0 spiro atoms. The molecule has 1 fully saturated rings. The van der Waals surface area contributed by atoms with Crippen LogP contribution in [-0.4, -0.2) is 47.9 Å². The summed E-state index contributed by atoms with van der Waals surface area (Å²) in [4.78, 5) is 22.4. The lowest BCUT2D eigenvalue weighted by Gasteiger charge is -2.24. The largest absolute Gasteiger partial charge is 0.481 e. The molecule has 9 nitrogen and oxygen atoms in total. The number of hydrogen-bond acceptors (Lipinski definition) is 7. The second-order valence-electron chi connectivity index (χ2n) is 5.09. The molecule has 1 aliphatic heterocycles. The number of imidazole rings is 1. The number of carboxylic acids is 1. The summed E-state index contributed by atoms with van der Waals surface area (Å²) in [6.45, 7) is -0.672. The molecule has 23 heavy (non-hydrogen) atoms. The summed E-state index contributed by atoms with van der Waals surface area (Å²) in [6, 6.07) is 0. The minimum atomic E-state index is -1.68. The van der Waals surface area contributed by atoms with Gasteiger partial charge in [-0.05, 0) is 0 Å². The van der Waals surface area contributed by atoms with Gasteiger partial charge in [-0.25, -0.2) is 4.98 Å². The van der Waals surface area contributed by atoms with Gasteiger partial charge in [0.15, 0.2) is 22.6 Å². The summed E-state index contributed by atoms with van der Waals surface area (Å²) in [7, 11) is 0. The van der Waals surface area contributed by atoms with Crippen LogP contribution in [0.25, 0.3) is 11.2 Å². The van der Waals surface area contributed by atoms with Crippen molar-refractivity contribution >= 4 is 23.0 Å². The van der Waals surface area contributed by atoms with Gasteiger partial charge in [0.25, 0.3) is 0 Å². The van der Waals surface area contributed by atoms with Crippen molar-refractivity contribution in [3.8, 4) is 12.3 Å². The minimum Gasteiger partial charge on any atom is -0.481 e. The summed E-state index contributed by atoms with van der Waals surface area (Å²) < 4.78 is 20.3. The van der Waals surface area contributed by atoms with E-state index in [0.717, 1.165) is 0 Å². The van der Waals surface area contributed by atoms with Gasteiger partial charge in [-0.2, -0.15) is 14.4 Å². The number of halogens is 1. The van der Waals surface area contributed by atoms with Crippen molar-refractivity contribution < 1.29 is 24.1 Å². The number of anilines is 1. The van der Waals surface area contributed by atoms with Crippen LogP contribution in [0.3, 0.4) is 0 Å². The topological polar surface area (TPSA) is 136 Å². The summed E-state index contributed by atoms with van der Waals surface area (Å²) in [5.41, 5.74) is 4.11. The summed E-state index contributed by atoms with van der Waals surface area (Å²) in [5.74, 6) is -0.285. The Morgan fingerprint density at radius 3 is 2.96 bits per heavy atom. The second-order valence-corrected chi connectivity index (χ2v) is 5.09. The number of nitrogen functional groups attached to an aromatic ring is 1. The number of ether oxygens (including phenoxy) is 1. The molecule has 120 valence electrons. The number of aliphatic carboxylic acids is 1. The molecule has 0 radical (unpaired) electrons. The molecule has 3 atom stereocenters. The maximum atomic E-state index is 13.4. The zero-order valence-electron chi connectivity index (χ0n) is 11.7. The standard InChI is InChI=1S/C13H12FN5O4/c1-2-13(4-20)6(11(21)22)3-7(23-13)19-5-16-8-9(15)17-12(14)18-10(8)19/h1,5-7,20H,3-4H2,(H,21,22)(H2,15,17,18)/t6-,7-,13-/m1/s1. The molecule has 0 aliphatic carbocycles. The van der Waals surface area contributed by atoms with Crippen LogP contribution >= 0.6 is 0 Å². The highest BCUT2D eigenvalue weighted by molar-refractivity contribution is 5.81. The number of nitrogens with two attached hydrogens (primary N) is 1. The smallest absolute Gasteiger partial charge is 0.312 e. The molecule has 2 aromatic rings. The van der Waals surface area contributed by atoms with E-state index in [1.807, 2.05) is 0 Å². The van der Waals surface area contributed by atoms with Gasteiger partial charge in [0, 0.05) is 6.42 Å². The van der Waals surface area contributed by atoms with Crippen LogP contribution < -0.4 is 5.73 Å². The Morgan fingerprint density at radius 1 is 1.65 bits per heavy atom. The van der Waals surface area contributed by atoms with Crippen molar-refractivity contribution in [2.75, 3.05) is 12.3 Å². The zero-order chi connectivity index (χ0) is 16.8. The first kappa shape index (κ1) is 15.1. The molecule has 3 rings (SSSR count). The SMILES string of the molecule is C#C[C@]1(CO)O[C@@H](n2cnc3c(N)nc(F)nc32)C[C@@H]1C(=O)O. The Kier molecular flexibility index (Phi) is 3.39. The zero-order valence-corrected chi connectivity index (χ0v) is 11.7. The average Bonchev–Trinajstić information content (AvgIpc) is 3.08. The van der Waals surface area contributed by atoms with Gasteiger partial charge < -0.3 is 20.7 Å². The lowest BCUT2D eigenvalue weighted by atomic mass is 9.88. The number of terminal acetylenes is 1. The molecule has 0 saturated carbocycles. The Labute approximate surface area is 128 Å². The Morgan fingerprint density at radius 2 is 2.39 bits per heavy atom. The lowest BCUT2D eigenvalue weighted by Crippen LogP contribution is -2.41. The fourth-order valence-electron chi connectivity index (χ4n) is 2.68. The summed E-state index contributed by atoms with van der Waals surface area (Å²) >= 11 is 0. The Hall–Kier alpha value is -2.77. The number of aliphatic hydroxyl groups is 1. The van der Waals surface area contributed by atoms with E-state index < -0.39 is 36.4 Å². The van der Waals surface area contributed by atoms with Gasteiger partial charge in [-0.3, -0.25) is 9.36 Å². The highest BCUT2D eigenvalue weighted by Crippen LogP contribution is 2.42. The van der Waals surface area contributed by atoms with E-state index in [9.17, 15) is 19.4 Å². The molecule has 0 aromatic carbocycles. The van der Waals surface area contributed by atoms with Crippen molar-refractivity contribution in [3.05, 3.63) is 12.4 Å². The highest BCUT2D eigenvalue weighted by atomic mass is 19.1. The first-order chi connectivity index (χ1) is 10.9. The van der Waals surface area contributed by atoms with E-state index >= 15 is 0 Å². The van der Waals surface area contributed by atoms with E-state index in [0.29, 0.717) is 0 Å². The lowest BCUT2D eigenvalue weighted by molar-refractivity contribution is -0.148. The molecule has 0 unspecified atom stereocenters. The highest BCUT2D eigenvalue weighted by Gasteiger charge is 2.52. The van der Waals surface area contributed by atoms with Crippen molar-refractivity contribution in [1.82, 2.24) is 19.5 Å². The fraction of sp³-hybridized carbons (Fsp3) is 0.385. The molecular weight excluding hydrogens is 309 g/mol. The Balaban J connectivity index is 2.07. The predicted octanol–water partition coefficient (Wildman–Crippen LogP) is -0.468. The van der Waals surface area contributed by atoms with Gasteiger partial charge >= 0.3 is 12.0 Å². The normalized spacial score (nSPS) is 27.2. The van der Waals surface area contributed by atoms with E-state index in [1.165, 1.54) is 10.9 Å². The van der Waals surface area contributed by atoms with Crippen molar-refractivity contribution in [2.45, 2.75) is 18.2 Å². The third-order valence-corrected chi connectivity index (χ3v) is 3.86. The molecule has 4 N–H and O–H groups in total. The first-order valence-corrected chi connectivity index (χ1v) is 6.56. The van der Waals surface area contributed by atoms with Gasteiger partial charge in [-0.1, -0.05) is 5.92 Å². The number of fused-ring (bicyclic) bond motifs is 1. The first-order valence-electron chi connectivity index (χ1n) is 6.56. The third-order valence-electron chi connectivity index (χ3n) is 3.86. The van der Waals surface area contributed by atoms with Gasteiger partial charge in [0.2, 0.25) is 0 Å². The average molecular weight is 321 g/mol. The number of nitrogens with zero attached hydrogens (tertiary/aromatic N) is 4. The second kappa shape index (κ2) is 5.15. The summed E-state index contributed by atoms with van der Waals surface area (Å²) in [5, 5.41) is 18.8. The minimum absolute atomic E-state index is 0.0446. The number of carboxylic acid groups (broad SMARTS) is 1. The molecule has 0 amide bonds. The van der Waals surface area contributed by atoms with Crippen molar-refractivity contribution in [1.29, 1.82) is 0 Å². The number of hydrogen-bond donors (Lipinski definition) is 3. The van der Waals surface area contributed by atoms with Gasteiger partial charge in [0.05, 0.1) is 12.9 Å². The Bertz CT molecular complexity index is 832.